The van der Waals surface area contributed by atoms with Crippen LogP contribution in [0.2, 0.25) is 0 Å². The van der Waals surface area contributed by atoms with E-state index in [1.165, 1.54) is 17.3 Å². The van der Waals surface area contributed by atoms with Gasteiger partial charge in [-0.25, -0.2) is 0 Å². The lowest BCUT2D eigenvalue weighted by Crippen LogP contribution is -2.11. The second-order valence-corrected chi connectivity index (χ2v) is 4.64. The molecule has 0 spiro atoms. The van der Waals surface area contributed by atoms with Crippen LogP contribution in [0.15, 0.2) is 38.8 Å². The van der Waals surface area contributed by atoms with E-state index in [-0.39, 0.29) is 0 Å². The van der Waals surface area contributed by atoms with Gasteiger partial charge in [0, 0.05) is 18.4 Å². The number of hydrogen-bond donors (Lipinski definition) is 1. The summed E-state index contributed by atoms with van der Waals surface area (Å²) in [6.45, 7) is 5.78. The summed E-state index contributed by atoms with van der Waals surface area (Å²) in [6.07, 6.45) is 0. The maximum absolute atomic E-state index is 5.31. The minimum atomic E-state index is 0.585. The Morgan fingerprint density at radius 1 is 1.24 bits per heavy atom. The second kappa shape index (κ2) is 5.84. The lowest BCUT2D eigenvalue weighted by Gasteiger charge is -2.02. The average molecular weight is 249 g/mol. The smallest absolute Gasteiger partial charge is 0.281 e. The van der Waals surface area contributed by atoms with Crippen molar-refractivity contribution in [2.45, 2.75) is 30.5 Å². The first-order chi connectivity index (χ1) is 8.28. The molecule has 2 rings (SSSR count). The summed E-state index contributed by atoms with van der Waals surface area (Å²) in [5.74, 6) is 0.594. The highest BCUT2D eigenvalue weighted by molar-refractivity contribution is 7.99. The van der Waals surface area contributed by atoms with Crippen molar-refractivity contribution >= 4 is 11.8 Å². The van der Waals surface area contributed by atoms with Crippen molar-refractivity contribution in [1.29, 1.82) is 0 Å². The van der Waals surface area contributed by atoms with E-state index in [1.54, 1.807) is 6.92 Å². The number of benzene rings is 1. The standard InChI is InChI=1S/C12H15N3OS/c1-3-13-8-10-4-6-11(7-5-10)17-12-15-14-9(2)16-12/h4-7,13H,3,8H2,1-2H3. The summed E-state index contributed by atoms with van der Waals surface area (Å²) in [5.41, 5.74) is 1.28. The maximum atomic E-state index is 5.31. The highest BCUT2D eigenvalue weighted by atomic mass is 32.2. The van der Waals surface area contributed by atoms with Crippen molar-refractivity contribution in [2.24, 2.45) is 0 Å². The molecule has 0 bridgehead atoms. The van der Waals surface area contributed by atoms with Crippen molar-refractivity contribution in [2.75, 3.05) is 6.54 Å². The fourth-order valence-corrected chi connectivity index (χ4v) is 2.08. The molecule has 1 aromatic heterocycles. The van der Waals surface area contributed by atoms with Gasteiger partial charge in [-0.1, -0.05) is 19.1 Å². The Morgan fingerprint density at radius 3 is 2.59 bits per heavy atom. The first-order valence-electron chi connectivity index (χ1n) is 5.55. The molecule has 0 saturated carbocycles. The third-order valence-corrected chi connectivity index (χ3v) is 3.06. The summed E-state index contributed by atoms with van der Waals surface area (Å²) in [4.78, 5) is 1.11. The SMILES string of the molecule is CCNCc1ccc(Sc2nnc(C)o2)cc1. The monoisotopic (exact) mass is 249 g/mol. The topological polar surface area (TPSA) is 51.0 Å². The number of nitrogens with zero attached hydrogens (tertiary/aromatic N) is 2. The van der Waals surface area contributed by atoms with Gasteiger partial charge < -0.3 is 9.73 Å². The normalized spacial score (nSPS) is 10.7. The van der Waals surface area contributed by atoms with Gasteiger partial charge in [-0.3, -0.25) is 0 Å². The zero-order valence-electron chi connectivity index (χ0n) is 9.93. The zero-order valence-corrected chi connectivity index (χ0v) is 10.8. The van der Waals surface area contributed by atoms with Crippen molar-refractivity contribution in [3.8, 4) is 0 Å². The van der Waals surface area contributed by atoms with Crippen LogP contribution in [0.1, 0.15) is 18.4 Å². The van der Waals surface area contributed by atoms with Gasteiger partial charge in [-0.15, -0.1) is 10.2 Å². The lowest BCUT2D eigenvalue weighted by molar-refractivity contribution is 0.429. The Kier molecular flexibility index (Phi) is 4.17. The Hall–Kier alpha value is -1.33. The molecule has 0 aliphatic carbocycles. The van der Waals surface area contributed by atoms with Gasteiger partial charge in [0.2, 0.25) is 5.89 Å². The van der Waals surface area contributed by atoms with Crippen LogP contribution in [0.4, 0.5) is 0 Å². The second-order valence-electron chi connectivity index (χ2n) is 3.61. The van der Waals surface area contributed by atoms with E-state index in [2.05, 4.69) is 46.7 Å². The largest absolute Gasteiger partial charge is 0.416 e. The summed E-state index contributed by atoms with van der Waals surface area (Å²) < 4.78 is 5.31. The van der Waals surface area contributed by atoms with Crippen LogP contribution >= 0.6 is 11.8 Å². The van der Waals surface area contributed by atoms with Crippen LogP contribution in [0.5, 0.6) is 0 Å². The maximum Gasteiger partial charge on any atom is 0.281 e. The van der Waals surface area contributed by atoms with Gasteiger partial charge in [0.15, 0.2) is 0 Å². The van der Waals surface area contributed by atoms with Gasteiger partial charge in [-0.05, 0) is 36.0 Å². The van der Waals surface area contributed by atoms with Gasteiger partial charge in [0.1, 0.15) is 0 Å². The minimum absolute atomic E-state index is 0.585. The fraction of sp³-hybridized carbons (Fsp3) is 0.333. The summed E-state index contributed by atoms with van der Waals surface area (Å²) >= 11 is 1.48. The van der Waals surface area contributed by atoms with E-state index in [4.69, 9.17) is 4.42 Å². The fourth-order valence-electron chi connectivity index (χ4n) is 1.37. The van der Waals surface area contributed by atoms with Crippen molar-refractivity contribution < 1.29 is 4.42 Å². The molecule has 1 heterocycles. The van der Waals surface area contributed by atoms with E-state index in [0.717, 1.165) is 18.0 Å². The van der Waals surface area contributed by atoms with E-state index in [1.807, 2.05) is 0 Å². The quantitative estimate of drug-likeness (QED) is 0.882. The van der Waals surface area contributed by atoms with Crippen LogP contribution in [-0.4, -0.2) is 16.7 Å². The number of aromatic nitrogens is 2. The molecule has 90 valence electrons. The molecule has 0 radical (unpaired) electrons. The molecular formula is C12H15N3OS. The molecule has 0 saturated heterocycles. The molecule has 1 aromatic carbocycles. The average Bonchev–Trinajstić information content (AvgIpc) is 2.74. The van der Waals surface area contributed by atoms with Gasteiger partial charge in [0.25, 0.3) is 5.22 Å². The molecule has 4 nitrogen and oxygen atoms in total. The molecular weight excluding hydrogens is 234 g/mol. The zero-order chi connectivity index (χ0) is 12.1. The van der Waals surface area contributed by atoms with E-state index < -0.39 is 0 Å². The van der Waals surface area contributed by atoms with Crippen molar-refractivity contribution in [3.63, 3.8) is 0 Å². The molecule has 0 unspecified atom stereocenters. The third-order valence-electron chi connectivity index (χ3n) is 2.22. The highest BCUT2D eigenvalue weighted by Crippen LogP contribution is 2.26. The molecule has 17 heavy (non-hydrogen) atoms. The van der Waals surface area contributed by atoms with E-state index in [0.29, 0.717) is 11.1 Å². The first-order valence-corrected chi connectivity index (χ1v) is 6.37. The van der Waals surface area contributed by atoms with E-state index in [9.17, 15) is 0 Å². The summed E-state index contributed by atoms with van der Waals surface area (Å²) in [7, 11) is 0. The molecule has 0 fully saturated rings. The van der Waals surface area contributed by atoms with Gasteiger partial charge in [-0.2, -0.15) is 0 Å². The Labute approximate surface area is 105 Å². The third kappa shape index (κ3) is 3.57. The number of aryl methyl sites for hydroxylation is 1. The first kappa shape index (κ1) is 12.1. The van der Waals surface area contributed by atoms with Crippen LogP contribution in [0, 0.1) is 6.92 Å². The van der Waals surface area contributed by atoms with Crippen molar-refractivity contribution in [3.05, 3.63) is 35.7 Å². The number of nitrogens with one attached hydrogen (secondary N) is 1. The summed E-state index contributed by atoms with van der Waals surface area (Å²) in [5, 5.41) is 11.6. The molecule has 5 heteroatoms. The number of rotatable bonds is 5. The molecule has 0 aliphatic rings. The van der Waals surface area contributed by atoms with Crippen LogP contribution in [-0.2, 0) is 6.54 Å². The molecule has 1 N–H and O–H groups in total. The van der Waals surface area contributed by atoms with Crippen LogP contribution in [0.3, 0.4) is 0 Å². The van der Waals surface area contributed by atoms with Gasteiger partial charge in [0.05, 0.1) is 0 Å². The Morgan fingerprint density at radius 2 is 2.00 bits per heavy atom. The van der Waals surface area contributed by atoms with Crippen LogP contribution in [0.25, 0.3) is 0 Å². The number of hydrogen-bond acceptors (Lipinski definition) is 5. The van der Waals surface area contributed by atoms with Gasteiger partial charge >= 0.3 is 0 Å². The predicted octanol–water partition coefficient (Wildman–Crippen LogP) is 2.64. The molecule has 0 atom stereocenters. The Balaban J connectivity index is 1.98. The molecule has 0 amide bonds. The molecule has 2 aromatic rings. The van der Waals surface area contributed by atoms with Crippen LogP contribution < -0.4 is 5.32 Å². The van der Waals surface area contributed by atoms with Crippen molar-refractivity contribution in [1.82, 2.24) is 15.5 Å². The minimum Gasteiger partial charge on any atom is -0.416 e. The Bertz CT molecular complexity index is 467. The lowest BCUT2D eigenvalue weighted by atomic mass is 10.2. The predicted molar refractivity (Wildman–Crippen MR) is 67.0 cm³/mol. The highest BCUT2D eigenvalue weighted by Gasteiger charge is 2.04. The molecule has 0 aliphatic heterocycles. The summed E-state index contributed by atoms with van der Waals surface area (Å²) in [6, 6.07) is 8.34. The van der Waals surface area contributed by atoms with E-state index >= 15 is 0 Å².